The Morgan fingerprint density at radius 1 is 1.40 bits per heavy atom. The van der Waals surface area contributed by atoms with Gasteiger partial charge >= 0.3 is 0 Å². The van der Waals surface area contributed by atoms with E-state index < -0.39 is 0 Å². The van der Waals surface area contributed by atoms with E-state index in [9.17, 15) is 0 Å². The van der Waals surface area contributed by atoms with Crippen molar-refractivity contribution in [3.8, 4) is 0 Å². The number of hydrogen-bond donors (Lipinski definition) is 2. The van der Waals surface area contributed by atoms with Gasteiger partial charge in [0.15, 0.2) is 0 Å². The molecule has 0 saturated carbocycles. The highest BCUT2D eigenvalue weighted by Crippen LogP contribution is 2.27. The van der Waals surface area contributed by atoms with E-state index in [1.54, 1.807) is 0 Å². The number of nitrogens with two attached hydrogens (primary N) is 1. The molecule has 1 rings (SSSR count). The highest BCUT2D eigenvalue weighted by Gasteiger charge is 2.12. The molecule has 0 saturated heterocycles. The van der Waals surface area contributed by atoms with Crippen LogP contribution in [0.1, 0.15) is 30.9 Å². The van der Waals surface area contributed by atoms with Gasteiger partial charge in [-0.25, -0.2) is 0 Å². The van der Waals surface area contributed by atoms with Gasteiger partial charge in [-0.1, -0.05) is 41.9 Å². The average Bonchev–Trinajstić information content (AvgIpc) is 2.20. The van der Waals surface area contributed by atoms with Gasteiger partial charge in [-0.3, -0.25) is 0 Å². The first-order valence-corrected chi connectivity index (χ1v) is 5.99. The molecule has 3 N–H and O–H groups in total. The van der Waals surface area contributed by atoms with Crippen molar-refractivity contribution in [1.82, 2.24) is 0 Å². The van der Waals surface area contributed by atoms with E-state index >= 15 is 0 Å². The Hall–Kier alpha value is -0.380. The first-order valence-electron chi connectivity index (χ1n) is 5.20. The van der Waals surface area contributed by atoms with E-state index in [4.69, 9.17) is 10.8 Å². The van der Waals surface area contributed by atoms with E-state index in [0.29, 0.717) is 12.3 Å². The van der Waals surface area contributed by atoms with Crippen molar-refractivity contribution in [2.75, 3.05) is 6.61 Å². The van der Waals surface area contributed by atoms with Crippen LogP contribution in [0.2, 0.25) is 0 Å². The van der Waals surface area contributed by atoms with Crippen molar-refractivity contribution >= 4 is 15.9 Å². The fourth-order valence-corrected chi connectivity index (χ4v) is 2.20. The van der Waals surface area contributed by atoms with Gasteiger partial charge in [0.05, 0.1) is 6.61 Å². The summed E-state index contributed by atoms with van der Waals surface area (Å²) in [6, 6.07) is 5.99. The number of hydrogen-bond acceptors (Lipinski definition) is 2. The molecule has 1 atom stereocenters. The zero-order valence-corrected chi connectivity index (χ0v) is 10.8. The highest BCUT2D eigenvalue weighted by molar-refractivity contribution is 9.10. The number of benzene rings is 1. The van der Waals surface area contributed by atoms with Crippen LogP contribution in [-0.4, -0.2) is 17.8 Å². The fraction of sp³-hybridized carbons (Fsp3) is 0.500. The van der Waals surface area contributed by atoms with Crippen molar-refractivity contribution in [2.45, 2.75) is 32.2 Å². The molecule has 0 aromatic heterocycles. The molecule has 0 fully saturated rings. The van der Waals surface area contributed by atoms with Crippen LogP contribution in [0.3, 0.4) is 0 Å². The minimum Gasteiger partial charge on any atom is -0.395 e. The Morgan fingerprint density at radius 2 is 2.07 bits per heavy atom. The summed E-state index contributed by atoms with van der Waals surface area (Å²) in [5.41, 5.74) is 8.29. The van der Waals surface area contributed by atoms with Crippen molar-refractivity contribution in [2.24, 2.45) is 5.73 Å². The third kappa shape index (κ3) is 3.30. The third-order valence-electron chi connectivity index (χ3n) is 2.48. The Labute approximate surface area is 99.6 Å². The average molecular weight is 272 g/mol. The molecule has 1 aromatic rings. The minimum atomic E-state index is -0.179. The molecule has 84 valence electrons. The van der Waals surface area contributed by atoms with Crippen molar-refractivity contribution in [1.29, 1.82) is 0 Å². The summed E-state index contributed by atoms with van der Waals surface area (Å²) in [5, 5.41) is 8.98. The van der Waals surface area contributed by atoms with Gasteiger partial charge in [0.2, 0.25) is 0 Å². The largest absolute Gasteiger partial charge is 0.395 e. The lowest BCUT2D eigenvalue weighted by Crippen LogP contribution is -2.27. The van der Waals surface area contributed by atoms with Crippen molar-refractivity contribution < 1.29 is 5.11 Å². The van der Waals surface area contributed by atoms with Crippen LogP contribution in [0, 0.1) is 0 Å². The molecule has 0 aliphatic carbocycles. The lowest BCUT2D eigenvalue weighted by Gasteiger charge is -2.17. The maximum atomic E-state index is 8.98. The van der Waals surface area contributed by atoms with Gasteiger partial charge in [-0.15, -0.1) is 0 Å². The molecule has 0 aliphatic heterocycles. The van der Waals surface area contributed by atoms with E-state index in [0.717, 1.165) is 4.47 Å². The monoisotopic (exact) mass is 271 g/mol. The molecular weight excluding hydrogens is 254 g/mol. The van der Waals surface area contributed by atoms with Gasteiger partial charge in [0.1, 0.15) is 0 Å². The van der Waals surface area contributed by atoms with Gasteiger partial charge in [-0.2, -0.15) is 0 Å². The number of rotatable bonds is 4. The summed E-state index contributed by atoms with van der Waals surface area (Å²) < 4.78 is 1.08. The summed E-state index contributed by atoms with van der Waals surface area (Å²) in [5.74, 6) is 0.475. The first-order chi connectivity index (χ1) is 7.06. The lowest BCUT2D eigenvalue weighted by molar-refractivity contribution is 0.265. The third-order valence-corrected chi connectivity index (χ3v) is 3.22. The zero-order chi connectivity index (χ0) is 11.4. The normalized spacial score (nSPS) is 13.2. The SMILES string of the molecule is CC(C)c1cccc(Br)c1C[C@@H](N)CO. The predicted octanol–water partition coefficient (Wildman–Crippen LogP) is 2.43. The maximum absolute atomic E-state index is 8.98. The van der Waals surface area contributed by atoms with Crippen molar-refractivity contribution in [3.63, 3.8) is 0 Å². The molecule has 0 heterocycles. The van der Waals surface area contributed by atoms with Crippen LogP contribution in [0.15, 0.2) is 22.7 Å². The van der Waals surface area contributed by atoms with Crippen LogP contribution in [-0.2, 0) is 6.42 Å². The minimum absolute atomic E-state index is 0.0267. The second-order valence-corrected chi connectivity index (χ2v) is 4.96. The topological polar surface area (TPSA) is 46.2 Å². The van der Waals surface area contributed by atoms with Gasteiger partial charge in [0.25, 0.3) is 0 Å². The molecule has 0 aliphatic rings. The Bertz CT molecular complexity index is 325. The van der Waals surface area contributed by atoms with Crippen LogP contribution >= 0.6 is 15.9 Å². The molecule has 2 nitrogen and oxygen atoms in total. The second-order valence-electron chi connectivity index (χ2n) is 4.11. The lowest BCUT2D eigenvalue weighted by atomic mass is 9.93. The molecular formula is C12H18BrNO. The maximum Gasteiger partial charge on any atom is 0.0585 e. The summed E-state index contributed by atoms with van der Waals surface area (Å²) in [6.07, 6.45) is 0.714. The molecule has 0 unspecified atom stereocenters. The van der Waals surface area contributed by atoms with E-state index in [-0.39, 0.29) is 12.6 Å². The van der Waals surface area contributed by atoms with E-state index in [1.807, 2.05) is 12.1 Å². The number of aliphatic hydroxyl groups is 1. The van der Waals surface area contributed by atoms with Crippen LogP contribution < -0.4 is 5.73 Å². The van der Waals surface area contributed by atoms with Crippen molar-refractivity contribution in [3.05, 3.63) is 33.8 Å². The zero-order valence-electron chi connectivity index (χ0n) is 9.20. The summed E-state index contributed by atoms with van der Waals surface area (Å²) in [7, 11) is 0. The summed E-state index contributed by atoms with van der Waals surface area (Å²) in [6.45, 7) is 4.35. The van der Waals surface area contributed by atoms with E-state index in [1.165, 1.54) is 11.1 Å². The van der Waals surface area contributed by atoms with Crippen LogP contribution in [0.4, 0.5) is 0 Å². The standard InChI is InChI=1S/C12H18BrNO/c1-8(2)10-4-3-5-12(13)11(10)6-9(14)7-15/h3-5,8-9,15H,6-7,14H2,1-2H3/t9-/m1/s1. The first kappa shape index (κ1) is 12.7. The smallest absolute Gasteiger partial charge is 0.0585 e. The van der Waals surface area contributed by atoms with Gasteiger partial charge in [-0.05, 0) is 29.5 Å². The van der Waals surface area contributed by atoms with Crippen LogP contribution in [0.5, 0.6) is 0 Å². The van der Waals surface area contributed by atoms with Gasteiger partial charge in [0, 0.05) is 10.5 Å². The molecule has 0 spiro atoms. The highest BCUT2D eigenvalue weighted by atomic mass is 79.9. The molecule has 0 amide bonds. The summed E-state index contributed by atoms with van der Waals surface area (Å²) >= 11 is 3.54. The van der Waals surface area contributed by atoms with E-state index in [2.05, 4.69) is 35.8 Å². The molecule has 1 aromatic carbocycles. The predicted molar refractivity (Wildman–Crippen MR) is 67.0 cm³/mol. The molecule has 0 bridgehead atoms. The quantitative estimate of drug-likeness (QED) is 0.884. The fourth-order valence-electron chi connectivity index (χ4n) is 1.66. The molecule has 15 heavy (non-hydrogen) atoms. The summed E-state index contributed by atoms with van der Waals surface area (Å²) in [4.78, 5) is 0. The second kappa shape index (κ2) is 5.64. The Kier molecular flexibility index (Phi) is 4.77. The molecule has 3 heteroatoms. The number of halogens is 1. The Balaban J connectivity index is 3.02. The van der Waals surface area contributed by atoms with Crippen LogP contribution in [0.25, 0.3) is 0 Å². The van der Waals surface area contributed by atoms with Gasteiger partial charge < -0.3 is 10.8 Å². The Morgan fingerprint density at radius 3 is 2.60 bits per heavy atom. The number of aliphatic hydroxyl groups excluding tert-OH is 1. The molecule has 0 radical (unpaired) electrons.